The Morgan fingerprint density at radius 1 is 0.411 bits per heavy atom. The molecule has 56 heavy (non-hydrogen) atoms. The van der Waals surface area contributed by atoms with Crippen molar-refractivity contribution in [3.8, 4) is 33.4 Å². The summed E-state index contributed by atoms with van der Waals surface area (Å²) in [5.41, 5.74) is 17.7. The van der Waals surface area contributed by atoms with Crippen molar-refractivity contribution in [1.29, 1.82) is 0 Å². The molecule has 7 aromatic carbocycles. The van der Waals surface area contributed by atoms with Gasteiger partial charge in [-0.2, -0.15) is 0 Å². The monoisotopic (exact) mass is 730 g/mol. The van der Waals surface area contributed by atoms with Crippen LogP contribution in [0.1, 0.15) is 44.7 Å². The van der Waals surface area contributed by atoms with Crippen LogP contribution in [-0.4, -0.2) is 0 Å². The van der Waals surface area contributed by atoms with E-state index in [4.69, 9.17) is 4.42 Å². The molecule has 0 radical (unpaired) electrons. The third-order valence-corrected chi connectivity index (χ3v) is 9.59. The lowest BCUT2D eigenvalue weighted by Crippen LogP contribution is -1.88. The molecule has 8 aromatic rings. The Bertz CT molecular complexity index is 2480. The molecule has 0 fully saturated rings. The second kappa shape index (κ2) is 20.3. The van der Waals surface area contributed by atoms with Crippen LogP contribution >= 0.6 is 0 Å². The number of furan rings is 1. The quantitative estimate of drug-likeness (QED) is 0.161. The smallest absolute Gasteiger partial charge is 0.134 e. The summed E-state index contributed by atoms with van der Waals surface area (Å²) < 4.78 is 5.67. The summed E-state index contributed by atoms with van der Waals surface area (Å²) in [6.45, 7) is 18.4. The summed E-state index contributed by atoms with van der Waals surface area (Å²) in [6, 6.07) is 59.5. The van der Waals surface area contributed by atoms with Crippen LogP contribution in [0.5, 0.6) is 0 Å². The predicted octanol–water partition coefficient (Wildman–Crippen LogP) is 15.9. The van der Waals surface area contributed by atoms with E-state index in [2.05, 4.69) is 188 Å². The van der Waals surface area contributed by atoms with E-state index < -0.39 is 0 Å². The largest absolute Gasteiger partial charge is 0.461 e. The van der Waals surface area contributed by atoms with E-state index in [1.165, 1.54) is 72.1 Å². The van der Waals surface area contributed by atoms with Gasteiger partial charge in [0.2, 0.25) is 0 Å². The molecule has 1 aromatic heterocycles. The van der Waals surface area contributed by atoms with Crippen LogP contribution in [0.3, 0.4) is 0 Å². The van der Waals surface area contributed by atoms with Crippen molar-refractivity contribution < 1.29 is 4.42 Å². The fourth-order valence-electron chi connectivity index (χ4n) is 6.43. The maximum Gasteiger partial charge on any atom is 0.134 e. The lowest BCUT2D eigenvalue weighted by molar-refractivity contribution is 0.577. The van der Waals surface area contributed by atoms with Crippen LogP contribution in [0.15, 0.2) is 193 Å². The lowest BCUT2D eigenvalue weighted by Gasteiger charge is -2.12. The molecule has 0 spiro atoms. The first-order valence-electron chi connectivity index (χ1n) is 19.3. The van der Waals surface area contributed by atoms with E-state index in [0.29, 0.717) is 0 Å². The fraction of sp³-hybridized carbons (Fsp3) is 0.127. The van der Waals surface area contributed by atoms with Crippen molar-refractivity contribution >= 4 is 17.0 Å². The van der Waals surface area contributed by atoms with E-state index in [1.54, 1.807) is 6.08 Å². The van der Waals surface area contributed by atoms with Gasteiger partial charge in [-0.15, -0.1) is 0 Å². The molecule has 1 heterocycles. The van der Waals surface area contributed by atoms with Crippen LogP contribution in [0, 0.1) is 48.5 Å². The predicted molar refractivity (Wildman–Crippen MR) is 244 cm³/mol. The Labute approximate surface area is 335 Å². The van der Waals surface area contributed by atoms with E-state index >= 15 is 0 Å². The SMILES string of the molecule is C=C/C=C\c1c(C)oc2ccc(C)cc12.Cc1ccc(-c2ccccc2)cc1.Cc1cccc(-c2ccc(C)c(-c3ccccc3C)c2)c1.Cc1ccccc1. The molecule has 1 heteroatoms. The Balaban J connectivity index is 0.000000152. The molecular formula is C55H54O. The molecule has 0 amide bonds. The maximum atomic E-state index is 5.67. The number of fused-ring (bicyclic) bond motifs is 1. The van der Waals surface area contributed by atoms with Gasteiger partial charge in [0.15, 0.2) is 0 Å². The summed E-state index contributed by atoms with van der Waals surface area (Å²) in [5, 5.41) is 1.17. The van der Waals surface area contributed by atoms with Crippen molar-refractivity contribution in [2.24, 2.45) is 0 Å². The minimum Gasteiger partial charge on any atom is -0.461 e. The highest BCUT2D eigenvalue weighted by Crippen LogP contribution is 2.32. The third kappa shape index (κ3) is 11.5. The van der Waals surface area contributed by atoms with Gasteiger partial charge >= 0.3 is 0 Å². The number of hydrogen-bond acceptors (Lipinski definition) is 1. The first-order valence-corrected chi connectivity index (χ1v) is 19.3. The minimum atomic E-state index is 0.946. The van der Waals surface area contributed by atoms with Crippen molar-refractivity contribution in [1.82, 2.24) is 0 Å². The number of allylic oxidation sites excluding steroid dienone is 2. The Kier molecular flexibility index (Phi) is 14.8. The Morgan fingerprint density at radius 2 is 0.929 bits per heavy atom. The molecule has 0 aliphatic carbocycles. The number of hydrogen-bond donors (Lipinski definition) is 0. The number of benzene rings is 7. The zero-order valence-corrected chi connectivity index (χ0v) is 34.0. The lowest BCUT2D eigenvalue weighted by atomic mass is 9.92. The zero-order valence-electron chi connectivity index (χ0n) is 34.0. The highest BCUT2D eigenvalue weighted by molar-refractivity contribution is 5.89. The molecule has 0 saturated heterocycles. The third-order valence-electron chi connectivity index (χ3n) is 9.59. The van der Waals surface area contributed by atoms with Crippen LogP contribution in [0.25, 0.3) is 50.4 Å². The van der Waals surface area contributed by atoms with Crippen molar-refractivity contribution in [2.75, 3.05) is 0 Å². The minimum absolute atomic E-state index is 0.946. The summed E-state index contributed by atoms with van der Waals surface area (Å²) in [7, 11) is 0. The van der Waals surface area contributed by atoms with Crippen LogP contribution in [0.2, 0.25) is 0 Å². The normalized spacial score (nSPS) is 10.4. The molecule has 1 nitrogen and oxygen atoms in total. The molecule has 280 valence electrons. The molecule has 0 atom stereocenters. The molecule has 0 saturated carbocycles. The summed E-state index contributed by atoms with van der Waals surface area (Å²) in [6.07, 6.45) is 5.74. The Hall–Kier alpha value is -6.44. The first-order chi connectivity index (χ1) is 27.1. The van der Waals surface area contributed by atoms with Crippen molar-refractivity contribution in [3.63, 3.8) is 0 Å². The molecule has 8 rings (SSSR count). The Morgan fingerprint density at radius 3 is 1.57 bits per heavy atom. The van der Waals surface area contributed by atoms with E-state index in [9.17, 15) is 0 Å². The van der Waals surface area contributed by atoms with Crippen LogP contribution < -0.4 is 0 Å². The summed E-state index contributed by atoms with van der Waals surface area (Å²) in [5.74, 6) is 0.952. The topological polar surface area (TPSA) is 13.1 Å². The van der Waals surface area contributed by atoms with E-state index in [-0.39, 0.29) is 0 Å². The first kappa shape index (κ1) is 40.7. The average molecular weight is 731 g/mol. The fourth-order valence-corrected chi connectivity index (χ4v) is 6.43. The van der Waals surface area contributed by atoms with Gasteiger partial charge in [-0.25, -0.2) is 0 Å². The molecule has 0 aliphatic rings. The molecule has 0 unspecified atom stereocenters. The second-order valence-corrected chi connectivity index (χ2v) is 14.3. The van der Waals surface area contributed by atoms with Gasteiger partial charge in [0.1, 0.15) is 11.3 Å². The van der Waals surface area contributed by atoms with Gasteiger partial charge in [0, 0.05) is 10.9 Å². The molecule has 0 bridgehead atoms. The standard InChI is InChI=1S/C21H20.C14H14O.C13H12.C7H8/c1-15-7-6-9-18(13-15)19-12-11-17(3)21(14-19)20-10-5-4-8-16(20)2;1-4-5-6-12-11(3)15-14-8-7-10(2)9-13(12)14;1-11-7-9-13(10-8-11)12-5-3-2-4-6-12;1-7-5-3-2-4-6-7/h4-14H,1-3H3;4-9H,1H2,2-3H3;2-10H,1H3;2-6H,1H3/b;6-5-;;. The highest BCUT2D eigenvalue weighted by atomic mass is 16.3. The van der Waals surface area contributed by atoms with Gasteiger partial charge in [-0.1, -0.05) is 199 Å². The van der Waals surface area contributed by atoms with E-state index in [1.807, 2.05) is 49.4 Å². The molecular weight excluding hydrogens is 677 g/mol. The summed E-state index contributed by atoms with van der Waals surface area (Å²) in [4.78, 5) is 0. The zero-order chi connectivity index (χ0) is 39.9. The van der Waals surface area contributed by atoms with Gasteiger partial charge < -0.3 is 4.42 Å². The van der Waals surface area contributed by atoms with Gasteiger partial charge in [0.25, 0.3) is 0 Å². The van der Waals surface area contributed by atoms with Crippen molar-refractivity contribution in [3.05, 3.63) is 233 Å². The molecule has 0 aliphatic heterocycles. The number of aryl methyl sites for hydroxylation is 7. The van der Waals surface area contributed by atoms with Gasteiger partial charge in [-0.3, -0.25) is 0 Å². The average Bonchev–Trinajstić information content (AvgIpc) is 3.52. The van der Waals surface area contributed by atoms with Crippen molar-refractivity contribution in [2.45, 2.75) is 48.5 Å². The second-order valence-electron chi connectivity index (χ2n) is 14.3. The van der Waals surface area contributed by atoms with Gasteiger partial charge in [-0.05, 0) is 111 Å². The van der Waals surface area contributed by atoms with Gasteiger partial charge in [0.05, 0.1) is 0 Å². The molecule has 0 N–H and O–H groups in total. The van der Waals surface area contributed by atoms with Crippen LogP contribution in [-0.2, 0) is 0 Å². The van der Waals surface area contributed by atoms with E-state index in [0.717, 1.165) is 16.9 Å². The highest BCUT2D eigenvalue weighted by Gasteiger charge is 2.09. The van der Waals surface area contributed by atoms with Crippen LogP contribution in [0.4, 0.5) is 0 Å². The maximum absolute atomic E-state index is 5.67. The summed E-state index contributed by atoms with van der Waals surface area (Å²) >= 11 is 0. The number of rotatable bonds is 5.